The summed E-state index contributed by atoms with van der Waals surface area (Å²) >= 11 is 0. The molecule has 1 aliphatic heterocycles. The molecule has 0 radical (unpaired) electrons. The number of esters is 1. The fraction of sp³-hybridized carbons (Fsp3) is 0.500. The minimum Gasteiger partial charge on any atom is -0.460 e. The second kappa shape index (κ2) is 9.93. The number of ether oxygens (including phenoxy) is 1. The van der Waals surface area contributed by atoms with Gasteiger partial charge in [-0.3, -0.25) is 4.79 Å². The van der Waals surface area contributed by atoms with Gasteiger partial charge in [-0.25, -0.2) is 13.1 Å². The van der Waals surface area contributed by atoms with Crippen LogP contribution in [-0.4, -0.2) is 46.7 Å². The van der Waals surface area contributed by atoms with Crippen LogP contribution in [0.2, 0.25) is 5.04 Å². The molecule has 186 valence electrons. The SMILES string of the molecule is CC(C)(C)OC(=O)[C@@H]1CCS(=O)(=O)N[C@H]1CO[Si](c1ccccc1)(c1ccccc1)C(C)(C)C. The summed E-state index contributed by atoms with van der Waals surface area (Å²) in [5, 5.41) is 1.94. The summed E-state index contributed by atoms with van der Waals surface area (Å²) in [5.74, 6) is -1.11. The van der Waals surface area contributed by atoms with Gasteiger partial charge in [0.1, 0.15) is 5.60 Å². The van der Waals surface area contributed by atoms with E-state index in [4.69, 9.17) is 9.16 Å². The second-order valence-corrected chi connectivity index (χ2v) is 17.1. The summed E-state index contributed by atoms with van der Waals surface area (Å²) in [6, 6.07) is 19.6. The third-order valence-corrected chi connectivity index (χ3v) is 12.6. The van der Waals surface area contributed by atoms with Gasteiger partial charge in [-0.15, -0.1) is 0 Å². The Labute approximate surface area is 205 Å². The van der Waals surface area contributed by atoms with Gasteiger partial charge in [0.2, 0.25) is 10.0 Å². The number of sulfonamides is 1. The quantitative estimate of drug-likeness (QED) is 0.484. The molecule has 0 amide bonds. The van der Waals surface area contributed by atoms with Crippen molar-refractivity contribution in [3.8, 4) is 0 Å². The zero-order valence-corrected chi connectivity index (χ0v) is 22.8. The highest BCUT2D eigenvalue weighted by molar-refractivity contribution is 7.89. The molecule has 6 nitrogen and oxygen atoms in total. The van der Waals surface area contributed by atoms with Gasteiger partial charge in [0.25, 0.3) is 8.32 Å². The Kier molecular flexibility index (Phi) is 7.77. The third-order valence-electron chi connectivity index (χ3n) is 6.12. The van der Waals surface area contributed by atoms with Gasteiger partial charge in [-0.05, 0) is 42.6 Å². The van der Waals surface area contributed by atoms with Crippen LogP contribution >= 0.6 is 0 Å². The Morgan fingerprint density at radius 2 is 1.44 bits per heavy atom. The molecular weight excluding hydrogens is 466 g/mol. The van der Waals surface area contributed by atoms with E-state index in [1.165, 1.54) is 0 Å². The summed E-state index contributed by atoms with van der Waals surface area (Å²) in [6.45, 7) is 12.0. The number of rotatable bonds is 6. The molecule has 1 fully saturated rings. The molecular formula is C26H37NO5SSi. The van der Waals surface area contributed by atoms with E-state index in [1.807, 2.05) is 57.2 Å². The lowest BCUT2D eigenvalue weighted by Gasteiger charge is -2.44. The van der Waals surface area contributed by atoms with Crippen LogP contribution in [0.4, 0.5) is 0 Å². The van der Waals surface area contributed by atoms with Crippen LogP contribution in [-0.2, 0) is 24.0 Å². The van der Waals surface area contributed by atoms with E-state index in [0.717, 1.165) is 10.4 Å². The van der Waals surface area contributed by atoms with Crippen molar-refractivity contribution in [2.24, 2.45) is 5.92 Å². The molecule has 0 saturated carbocycles. The maximum absolute atomic E-state index is 13.0. The smallest absolute Gasteiger partial charge is 0.311 e. The first kappa shape index (κ1) is 26.6. The maximum Gasteiger partial charge on any atom is 0.311 e. The maximum atomic E-state index is 13.0. The molecule has 2 atom stereocenters. The molecule has 0 aromatic heterocycles. The summed E-state index contributed by atoms with van der Waals surface area (Å²) in [5.41, 5.74) is -0.656. The average Bonchev–Trinajstić information content (AvgIpc) is 2.73. The minimum absolute atomic E-state index is 0.0798. The summed E-state index contributed by atoms with van der Waals surface area (Å²) in [4.78, 5) is 13.0. The van der Waals surface area contributed by atoms with Crippen LogP contribution in [0.15, 0.2) is 60.7 Å². The van der Waals surface area contributed by atoms with Gasteiger partial charge in [-0.2, -0.15) is 0 Å². The van der Waals surface area contributed by atoms with Crippen molar-refractivity contribution in [3.63, 3.8) is 0 Å². The van der Waals surface area contributed by atoms with Crippen molar-refractivity contribution in [1.82, 2.24) is 4.72 Å². The monoisotopic (exact) mass is 503 g/mol. The van der Waals surface area contributed by atoms with Gasteiger partial charge in [0.15, 0.2) is 0 Å². The Balaban J connectivity index is 2.02. The Morgan fingerprint density at radius 3 is 1.88 bits per heavy atom. The van der Waals surface area contributed by atoms with E-state index in [0.29, 0.717) is 0 Å². The molecule has 3 rings (SSSR count). The molecule has 0 spiro atoms. The normalized spacial score (nSPS) is 21.1. The predicted molar refractivity (Wildman–Crippen MR) is 138 cm³/mol. The first-order valence-electron chi connectivity index (χ1n) is 11.7. The molecule has 8 heteroatoms. The lowest BCUT2D eigenvalue weighted by Crippen LogP contribution is -2.68. The fourth-order valence-electron chi connectivity index (χ4n) is 4.64. The molecule has 34 heavy (non-hydrogen) atoms. The van der Waals surface area contributed by atoms with Gasteiger partial charge in [0, 0.05) is 0 Å². The van der Waals surface area contributed by atoms with Crippen molar-refractivity contribution in [1.29, 1.82) is 0 Å². The van der Waals surface area contributed by atoms with Crippen molar-refractivity contribution in [2.45, 2.75) is 64.6 Å². The van der Waals surface area contributed by atoms with E-state index in [2.05, 4.69) is 49.8 Å². The van der Waals surface area contributed by atoms with Crippen LogP contribution in [0, 0.1) is 5.92 Å². The zero-order chi connectivity index (χ0) is 25.2. The van der Waals surface area contributed by atoms with E-state index in [1.54, 1.807) is 0 Å². The van der Waals surface area contributed by atoms with Crippen molar-refractivity contribution in [3.05, 3.63) is 60.7 Å². The molecule has 1 saturated heterocycles. The first-order valence-corrected chi connectivity index (χ1v) is 15.3. The molecule has 1 aliphatic rings. The molecule has 0 aliphatic carbocycles. The van der Waals surface area contributed by atoms with Crippen LogP contribution in [0.1, 0.15) is 48.0 Å². The zero-order valence-electron chi connectivity index (χ0n) is 21.0. The topological polar surface area (TPSA) is 81.7 Å². The van der Waals surface area contributed by atoms with Gasteiger partial charge in [0.05, 0.1) is 24.3 Å². The third kappa shape index (κ3) is 5.97. The molecule has 1 heterocycles. The number of hydrogen-bond donors (Lipinski definition) is 1. The van der Waals surface area contributed by atoms with Crippen LogP contribution in [0.25, 0.3) is 0 Å². The van der Waals surface area contributed by atoms with Crippen LogP contribution in [0.5, 0.6) is 0 Å². The number of benzene rings is 2. The number of carbonyl (C=O) groups is 1. The lowest BCUT2D eigenvalue weighted by atomic mass is 9.97. The molecule has 1 N–H and O–H groups in total. The molecule has 0 bridgehead atoms. The minimum atomic E-state index is -3.50. The summed E-state index contributed by atoms with van der Waals surface area (Å²) in [6.07, 6.45) is 0.207. The summed E-state index contributed by atoms with van der Waals surface area (Å²) < 4.78 is 40.2. The van der Waals surface area contributed by atoms with E-state index >= 15 is 0 Å². The predicted octanol–water partition coefficient (Wildman–Crippen LogP) is 3.21. The van der Waals surface area contributed by atoms with Gasteiger partial charge in [-0.1, -0.05) is 81.4 Å². The standard InChI is InChI=1S/C26H37NO5SSi/c1-25(2,3)32-24(28)22-17-18-33(29,30)27-23(22)19-31-34(26(4,5)6,20-13-9-7-10-14-20)21-15-11-8-12-16-21/h7-16,22-23,27H,17-19H2,1-6H3/t22-,23+/m1/s1. The van der Waals surface area contributed by atoms with E-state index in [9.17, 15) is 13.2 Å². The highest BCUT2D eigenvalue weighted by Crippen LogP contribution is 2.37. The molecule has 0 unspecified atom stereocenters. The summed E-state index contributed by atoms with van der Waals surface area (Å²) in [7, 11) is -6.37. The van der Waals surface area contributed by atoms with Crippen LogP contribution in [0.3, 0.4) is 0 Å². The Bertz CT molecular complexity index is 1040. The fourth-order valence-corrected chi connectivity index (χ4v) is 10.6. The van der Waals surface area contributed by atoms with E-state index in [-0.39, 0.29) is 23.8 Å². The number of hydrogen-bond acceptors (Lipinski definition) is 5. The largest absolute Gasteiger partial charge is 0.460 e. The van der Waals surface area contributed by atoms with Gasteiger partial charge >= 0.3 is 5.97 Å². The molecule has 2 aromatic carbocycles. The Hall–Kier alpha value is -2.00. The highest BCUT2D eigenvalue weighted by Gasteiger charge is 2.51. The van der Waals surface area contributed by atoms with Crippen LogP contribution < -0.4 is 15.1 Å². The molecule has 2 aromatic rings. The average molecular weight is 504 g/mol. The van der Waals surface area contributed by atoms with Gasteiger partial charge < -0.3 is 9.16 Å². The lowest BCUT2D eigenvalue weighted by molar-refractivity contribution is -0.161. The Morgan fingerprint density at radius 1 is 0.941 bits per heavy atom. The van der Waals surface area contributed by atoms with E-state index < -0.39 is 41.9 Å². The van der Waals surface area contributed by atoms with Crippen molar-refractivity contribution >= 4 is 34.7 Å². The first-order chi connectivity index (χ1) is 15.8. The highest BCUT2D eigenvalue weighted by atomic mass is 32.2. The van der Waals surface area contributed by atoms with Crippen molar-refractivity contribution < 1.29 is 22.4 Å². The second-order valence-electron chi connectivity index (χ2n) is 10.9. The van der Waals surface area contributed by atoms with Crippen molar-refractivity contribution in [2.75, 3.05) is 12.4 Å². The number of nitrogens with one attached hydrogen (secondary N) is 1. The number of carbonyl (C=O) groups excluding carboxylic acids is 1.